The molecule has 2 aromatic rings. The van der Waals surface area contributed by atoms with Crippen LogP contribution in [0.2, 0.25) is 5.02 Å². The molecular formula is C16H13ClFNO3. The first kappa shape index (κ1) is 16.0. The van der Waals surface area contributed by atoms with E-state index in [4.69, 9.17) is 16.3 Å². The highest BCUT2D eigenvalue weighted by Gasteiger charge is 2.19. The average Bonchev–Trinajstić information content (AvgIpc) is 2.51. The highest BCUT2D eigenvalue weighted by molar-refractivity contribution is 6.31. The van der Waals surface area contributed by atoms with Gasteiger partial charge in [-0.15, -0.1) is 0 Å². The van der Waals surface area contributed by atoms with Gasteiger partial charge in [-0.2, -0.15) is 0 Å². The first-order valence-electron chi connectivity index (χ1n) is 6.50. The van der Waals surface area contributed by atoms with Crippen molar-refractivity contribution in [2.24, 2.45) is 0 Å². The van der Waals surface area contributed by atoms with E-state index >= 15 is 0 Å². The third-order valence-electron chi connectivity index (χ3n) is 2.86. The number of halogens is 2. The van der Waals surface area contributed by atoms with Crippen LogP contribution < -0.4 is 5.32 Å². The summed E-state index contributed by atoms with van der Waals surface area (Å²) in [5.41, 5.74) is 0.732. The summed E-state index contributed by atoms with van der Waals surface area (Å²) in [5.74, 6) is -2.02. The summed E-state index contributed by atoms with van der Waals surface area (Å²) in [6.07, 6.45) is 0. The zero-order valence-electron chi connectivity index (χ0n) is 11.7. The van der Waals surface area contributed by atoms with Gasteiger partial charge in [-0.05, 0) is 37.3 Å². The fourth-order valence-corrected chi connectivity index (χ4v) is 1.89. The number of ether oxygens (including phenoxy) is 1. The van der Waals surface area contributed by atoms with Crippen molar-refractivity contribution in [2.45, 2.75) is 13.0 Å². The molecule has 0 saturated carbocycles. The number of carbonyl (C=O) groups is 2. The molecule has 0 fully saturated rings. The van der Waals surface area contributed by atoms with Gasteiger partial charge in [0.25, 0.3) is 0 Å². The molecule has 0 bridgehead atoms. The molecule has 0 spiro atoms. The molecule has 0 aromatic heterocycles. The predicted molar refractivity (Wildman–Crippen MR) is 81.4 cm³/mol. The van der Waals surface area contributed by atoms with E-state index in [9.17, 15) is 14.0 Å². The Morgan fingerprint density at radius 3 is 2.50 bits per heavy atom. The van der Waals surface area contributed by atoms with Gasteiger partial charge in [-0.25, -0.2) is 14.0 Å². The van der Waals surface area contributed by atoms with Crippen LogP contribution in [0.25, 0.3) is 0 Å². The maximum atomic E-state index is 13.1. The van der Waals surface area contributed by atoms with Crippen molar-refractivity contribution in [3.63, 3.8) is 0 Å². The summed E-state index contributed by atoms with van der Waals surface area (Å²) in [6, 6.07) is 11.4. The second kappa shape index (κ2) is 7.04. The molecule has 0 saturated heterocycles. The number of hydrogen-bond acceptors (Lipinski definition) is 4. The number of nitrogens with one attached hydrogen (secondary N) is 1. The van der Waals surface area contributed by atoms with E-state index in [-0.39, 0.29) is 10.6 Å². The van der Waals surface area contributed by atoms with Gasteiger partial charge in [0.15, 0.2) is 0 Å². The lowest BCUT2D eigenvalue weighted by Gasteiger charge is -2.14. The van der Waals surface area contributed by atoms with Gasteiger partial charge >= 0.3 is 11.9 Å². The zero-order chi connectivity index (χ0) is 16.1. The monoisotopic (exact) mass is 321 g/mol. The molecule has 0 radical (unpaired) electrons. The van der Waals surface area contributed by atoms with Crippen LogP contribution in [-0.2, 0) is 9.53 Å². The second-order valence-electron chi connectivity index (χ2n) is 4.57. The highest BCUT2D eigenvalue weighted by atomic mass is 35.5. The Labute approximate surface area is 131 Å². The maximum absolute atomic E-state index is 13.1. The van der Waals surface area contributed by atoms with Crippen LogP contribution in [0.1, 0.15) is 17.3 Å². The van der Waals surface area contributed by atoms with E-state index in [1.807, 2.05) is 0 Å². The molecule has 4 nitrogen and oxygen atoms in total. The fraction of sp³-hybridized carbons (Fsp3) is 0.125. The van der Waals surface area contributed by atoms with Crippen molar-refractivity contribution < 1.29 is 18.7 Å². The van der Waals surface area contributed by atoms with E-state index in [2.05, 4.69) is 5.32 Å². The molecule has 1 N–H and O–H groups in total. The Morgan fingerprint density at radius 2 is 1.86 bits per heavy atom. The minimum absolute atomic E-state index is 0.0640. The Bertz CT molecular complexity index is 691. The van der Waals surface area contributed by atoms with Crippen molar-refractivity contribution in [2.75, 3.05) is 5.32 Å². The van der Waals surface area contributed by atoms with Crippen molar-refractivity contribution >= 4 is 29.2 Å². The normalized spacial score (nSPS) is 11.6. The van der Waals surface area contributed by atoms with E-state index in [0.29, 0.717) is 5.69 Å². The lowest BCUT2D eigenvalue weighted by atomic mass is 10.2. The Kier molecular flexibility index (Phi) is 5.12. The Morgan fingerprint density at radius 1 is 1.18 bits per heavy atom. The summed E-state index contributed by atoms with van der Waals surface area (Å²) in [6.45, 7) is 1.53. The standard InChI is InChI=1S/C16H13ClFNO3/c1-10(19-12-7-8-14(18)13(17)9-12)15(20)22-16(21)11-5-3-2-4-6-11/h2-10,19H,1H3/t10-/m0/s1. The molecule has 0 unspecified atom stereocenters. The first-order chi connectivity index (χ1) is 10.5. The van der Waals surface area contributed by atoms with Gasteiger partial charge < -0.3 is 10.1 Å². The molecule has 0 aliphatic rings. The lowest BCUT2D eigenvalue weighted by molar-refractivity contribution is -0.138. The smallest absolute Gasteiger partial charge is 0.345 e. The number of hydrogen-bond donors (Lipinski definition) is 1. The Hall–Kier alpha value is -2.40. The minimum atomic E-state index is -0.797. The van der Waals surface area contributed by atoms with Crippen molar-refractivity contribution in [1.29, 1.82) is 0 Å². The van der Waals surface area contributed by atoms with Gasteiger partial charge in [0.05, 0.1) is 10.6 Å². The van der Waals surface area contributed by atoms with Crippen LogP contribution in [-0.4, -0.2) is 18.0 Å². The third-order valence-corrected chi connectivity index (χ3v) is 3.15. The second-order valence-corrected chi connectivity index (χ2v) is 4.98. The van der Waals surface area contributed by atoms with Crippen molar-refractivity contribution in [1.82, 2.24) is 0 Å². The van der Waals surface area contributed by atoms with Crippen LogP contribution in [0.4, 0.5) is 10.1 Å². The topological polar surface area (TPSA) is 55.4 Å². The van der Waals surface area contributed by atoms with E-state index in [1.165, 1.54) is 25.1 Å². The number of benzene rings is 2. The molecule has 2 rings (SSSR count). The van der Waals surface area contributed by atoms with Crippen molar-refractivity contribution in [3.8, 4) is 0 Å². The lowest BCUT2D eigenvalue weighted by Crippen LogP contribution is -2.30. The predicted octanol–water partition coefficient (Wildman–Crippen LogP) is 3.66. The van der Waals surface area contributed by atoms with Gasteiger partial charge in [0, 0.05) is 5.69 Å². The van der Waals surface area contributed by atoms with Gasteiger partial charge in [-0.1, -0.05) is 29.8 Å². The molecule has 0 amide bonds. The molecule has 2 aromatic carbocycles. The SMILES string of the molecule is C[C@H](Nc1ccc(F)c(Cl)c1)C(=O)OC(=O)c1ccccc1. The van der Waals surface area contributed by atoms with Gasteiger partial charge in [0.2, 0.25) is 0 Å². The third kappa shape index (κ3) is 4.05. The average molecular weight is 322 g/mol. The van der Waals surface area contributed by atoms with Gasteiger partial charge in [0.1, 0.15) is 11.9 Å². The number of esters is 2. The van der Waals surface area contributed by atoms with E-state index < -0.39 is 23.8 Å². The summed E-state index contributed by atoms with van der Waals surface area (Å²) in [7, 11) is 0. The summed E-state index contributed by atoms with van der Waals surface area (Å²) >= 11 is 5.66. The van der Waals surface area contributed by atoms with Crippen LogP contribution in [0.3, 0.4) is 0 Å². The van der Waals surface area contributed by atoms with Gasteiger partial charge in [-0.3, -0.25) is 0 Å². The van der Waals surface area contributed by atoms with Crippen LogP contribution >= 0.6 is 11.6 Å². The quantitative estimate of drug-likeness (QED) is 0.689. The number of carbonyl (C=O) groups excluding carboxylic acids is 2. The minimum Gasteiger partial charge on any atom is -0.388 e. The molecular weight excluding hydrogens is 309 g/mol. The molecule has 1 atom stereocenters. The zero-order valence-corrected chi connectivity index (χ0v) is 12.4. The summed E-state index contributed by atoms with van der Waals surface area (Å²) in [4.78, 5) is 23.6. The summed E-state index contributed by atoms with van der Waals surface area (Å²) in [5, 5.41) is 2.72. The number of anilines is 1. The molecule has 0 heterocycles. The van der Waals surface area contributed by atoms with Crippen LogP contribution in [0.5, 0.6) is 0 Å². The Balaban J connectivity index is 1.97. The molecule has 22 heavy (non-hydrogen) atoms. The molecule has 0 aliphatic heterocycles. The van der Waals surface area contributed by atoms with Crippen LogP contribution in [0.15, 0.2) is 48.5 Å². The first-order valence-corrected chi connectivity index (χ1v) is 6.88. The van der Waals surface area contributed by atoms with Crippen molar-refractivity contribution in [3.05, 3.63) is 64.9 Å². The fourth-order valence-electron chi connectivity index (χ4n) is 1.71. The largest absolute Gasteiger partial charge is 0.388 e. The number of rotatable bonds is 4. The highest BCUT2D eigenvalue weighted by Crippen LogP contribution is 2.20. The molecule has 6 heteroatoms. The van der Waals surface area contributed by atoms with E-state index in [0.717, 1.165) is 0 Å². The molecule has 0 aliphatic carbocycles. The van der Waals surface area contributed by atoms with E-state index in [1.54, 1.807) is 30.3 Å². The molecule has 114 valence electrons. The summed E-state index contributed by atoms with van der Waals surface area (Å²) < 4.78 is 17.8. The maximum Gasteiger partial charge on any atom is 0.345 e. The van der Waals surface area contributed by atoms with Crippen LogP contribution in [0, 0.1) is 5.82 Å².